The number of anilines is 1. The number of rotatable bonds is 4. The standard InChI is InChI=1S/C27H25N5O3S/c1-4-31-15-17(14-28-31)13-21-25(34)32-23-18-10-6-8-12-20(18)35-27(3,30-26(32)36-21)22(23)24(33)29-19-11-7-5-9-16(19)2/h5-15,22-23H,4H2,1-3H3,(H,29,33)/b21-13-. The van der Waals surface area contributed by atoms with Crippen LogP contribution in [0.2, 0.25) is 0 Å². The van der Waals surface area contributed by atoms with Crippen molar-refractivity contribution in [3.05, 3.63) is 97.3 Å². The number of fused-ring (bicyclic) bond motifs is 6. The molecule has 0 saturated heterocycles. The van der Waals surface area contributed by atoms with Crippen molar-refractivity contribution in [2.24, 2.45) is 10.9 Å². The molecule has 0 spiro atoms. The lowest BCUT2D eigenvalue weighted by atomic mass is 9.80. The van der Waals surface area contributed by atoms with Gasteiger partial charge in [-0.25, -0.2) is 4.99 Å². The van der Waals surface area contributed by atoms with Crippen LogP contribution in [0, 0.1) is 12.8 Å². The van der Waals surface area contributed by atoms with Gasteiger partial charge in [-0.2, -0.15) is 5.10 Å². The van der Waals surface area contributed by atoms with Crippen molar-refractivity contribution in [3.63, 3.8) is 0 Å². The first-order valence-corrected chi connectivity index (χ1v) is 12.7. The van der Waals surface area contributed by atoms with Gasteiger partial charge in [0.05, 0.1) is 16.8 Å². The second-order valence-corrected chi connectivity index (χ2v) is 10.2. The molecule has 2 aromatic carbocycles. The van der Waals surface area contributed by atoms with E-state index in [1.165, 1.54) is 11.3 Å². The highest BCUT2D eigenvalue weighted by molar-refractivity contribution is 7.07. The largest absolute Gasteiger partial charge is 0.465 e. The molecule has 2 aliphatic heterocycles. The van der Waals surface area contributed by atoms with Crippen molar-refractivity contribution in [3.8, 4) is 5.75 Å². The maximum absolute atomic E-state index is 13.8. The number of nitrogens with zero attached hydrogens (tertiary/aromatic N) is 4. The number of thiazole rings is 1. The number of hydrogen-bond donors (Lipinski definition) is 1. The van der Waals surface area contributed by atoms with Crippen molar-refractivity contribution in [2.75, 3.05) is 5.32 Å². The molecule has 0 aliphatic carbocycles. The highest BCUT2D eigenvalue weighted by Crippen LogP contribution is 2.47. The highest BCUT2D eigenvalue weighted by atomic mass is 32.1. The summed E-state index contributed by atoms with van der Waals surface area (Å²) in [4.78, 5) is 33.0. The van der Waals surface area contributed by atoms with Gasteiger partial charge in [0, 0.05) is 29.6 Å². The summed E-state index contributed by atoms with van der Waals surface area (Å²) >= 11 is 1.30. The van der Waals surface area contributed by atoms with E-state index in [0.29, 0.717) is 15.1 Å². The highest BCUT2D eigenvalue weighted by Gasteiger charge is 2.55. The smallest absolute Gasteiger partial charge is 0.270 e. The third-order valence-corrected chi connectivity index (χ3v) is 7.82. The zero-order chi connectivity index (χ0) is 25.0. The fourth-order valence-electron chi connectivity index (χ4n) is 5.05. The van der Waals surface area contributed by atoms with Gasteiger partial charge in [-0.15, -0.1) is 0 Å². The fraction of sp³-hybridized carbons (Fsp3) is 0.259. The predicted molar refractivity (Wildman–Crippen MR) is 138 cm³/mol. The Morgan fingerprint density at radius 3 is 2.78 bits per heavy atom. The monoisotopic (exact) mass is 499 g/mol. The van der Waals surface area contributed by atoms with E-state index in [-0.39, 0.29) is 11.5 Å². The number of amides is 1. The van der Waals surface area contributed by atoms with E-state index in [9.17, 15) is 9.59 Å². The zero-order valence-corrected chi connectivity index (χ0v) is 21.0. The number of carbonyl (C=O) groups excluding carboxylic acids is 1. The Morgan fingerprint density at radius 2 is 2.00 bits per heavy atom. The summed E-state index contributed by atoms with van der Waals surface area (Å²) in [6.45, 7) is 6.52. The molecule has 4 heterocycles. The summed E-state index contributed by atoms with van der Waals surface area (Å²) in [5.41, 5.74) is 1.96. The van der Waals surface area contributed by atoms with Crippen LogP contribution < -0.4 is 24.9 Å². The summed E-state index contributed by atoms with van der Waals surface area (Å²) in [6.07, 6.45) is 5.46. The van der Waals surface area contributed by atoms with Crippen molar-refractivity contribution >= 4 is 29.0 Å². The molecule has 3 atom stereocenters. The normalized spacial score (nSPS) is 22.2. The Labute approximate surface area is 211 Å². The Hall–Kier alpha value is -3.98. The van der Waals surface area contributed by atoms with Crippen LogP contribution in [-0.2, 0) is 11.3 Å². The van der Waals surface area contributed by atoms with Crippen LogP contribution >= 0.6 is 11.3 Å². The van der Waals surface area contributed by atoms with Gasteiger partial charge in [0.15, 0.2) is 4.80 Å². The van der Waals surface area contributed by atoms with Gasteiger partial charge in [-0.1, -0.05) is 47.7 Å². The van der Waals surface area contributed by atoms with E-state index in [4.69, 9.17) is 9.73 Å². The maximum Gasteiger partial charge on any atom is 0.270 e. The molecule has 8 nitrogen and oxygen atoms in total. The van der Waals surface area contributed by atoms with E-state index in [0.717, 1.165) is 28.9 Å². The number of hydrogen-bond acceptors (Lipinski definition) is 6. The van der Waals surface area contributed by atoms with Gasteiger partial charge < -0.3 is 10.1 Å². The predicted octanol–water partition coefficient (Wildman–Crippen LogP) is 2.85. The molecule has 1 amide bonds. The van der Waals surface area contributed by atoms with Crippen LogP contribution in [0.5, 0.6) is 5.75 Å². The van der Waals surface area contributed by atoms with Gasteiger partial charge in [0.2, 0.25) is 11.6 Å². The van der Waals surface area contributed by atoms with Crippen LogP contribution in [-0.4, -0.2) is 26.0 Å². The Bertz CT molecular complexity index is 1680. The number of aryl methyl sites for hydroxylation is 2. The summed E-state index contributed by atoms with van der Waals surface area (Å²) in [5.74, 6) is -0.358. The lowest BCUT2D eigenvalue weighted by molar-refractivity contribution is -0.131. The second-order valence-electron chi connectivity index (χ2n) is 9.23. The molecule has 1 N–H and O–H groups in total. The van der Waals surface area contributed by atoms with Gasteiger partial charge >= 0.3 is 0 Å². The van der Waals surface area contributed by atoms with Crippen molar-refractivity contribution < 1.29 is 9.53 Å². The summed E-state index contributed by atoms with van der Waals surface area (Å²) in [5, 5.41) is 7.36. The van der Waals surface area contributed by atoms with Crippen LogP contribution in [0.1, 0.15) is 36.6 Å². The lowest BCUT2D eigenvalue weighted by Gasteiger charge is -2.45. The van der Waals surface area contributed by atoms with Crippen molar-refractivity contribution in [1.29, 1.82) is 0 Å². The lowest BCUT2D eigenvalue weighted by Crippen LogP contribution is -2.59. The number of benzene rings is 2. The minimum atomic E-state index is -1.17. The SMILES string of the molecule is CCn1cc(/C=c2\sc3n(c2=O)C2c4ccccc4OC(C)(N=3)C2C(=O)Nc2ccccc2C)cn1. The molecule has 0 fully saturated rings. The van der Waals surface area contributed by atoms with Crippen molar-refractivity contribution in [1.82, 2.24) is 14.3 Å². The molecule has 2 aromatic heterocycles. The maximum atomic E-state index is 13.8. The number of carbonyl (C=O) groups is 1. The Morgan fingerprint density at radius 1 is 1.22 bits per heavy atom. The van der Waals surface area contributed by atoms with E-state index in [1.54, 1.807) is 10.8 Å². The molecule has 0 radical (unpaired) electrons. The second kappa shape index (κ2) is 8.30. The molecular weight excluding hydrogens is 474 g/mol. The Balaban J connectivity index is 1.53. The zero-order valence-electron chi connectivity index (χ0n) is 20.1. The third kappa shape index (κ3) is 3.50. The van der Waals surface area contributed by atoms with Gasteiger partial charge in [-0.3, -0.25) is 18.8 Å². The molecule has 9 heteroatoms. The average Bonchev–Trinajstić information content (AvgIpc) is 3.43. The molecule has 2 bridgehead atoms. The molecule has 4 aromatic rings. The molecular formula is C27H25N5O3S. The van der Waals surface area contributed by atoms with Crippen LogP contribution in [0.4, 0.5) is 5.69 Å². The average molecular weight is 500 g/mol. The van der Waals surface area contributed by atoms with Gasteiger partial charge in [0.1, 0.15) is 11.7 Å². The topological polar surface area (TPSA) is 90.5 Å². The van der Waals surface area contributed by atoms with Gasteiger partial charge in [-0.05, 0) is 44.5 Å². The minimum absolute atomic E-state index is 0.180. The van der Waals surface area contributed by atoms with E-state index >= 15 is 0 Å². The van der Waals surface area contributed by atoms with Crippen LogP contribution in [0.3, 0.4) is 0 Å². The molecule has 36 heavy (non-hydrogen) atoms. The number of ether oxygens (including phenoxy) is 1. The first kappa shape index (κ1) is 22.5. The first-order valence-electron chi connectivity index (χ1n) is 11.9. The number of para-hydroxylation sites is 2. The van der Waals surface area contributed by atoms with Gasteiger partial charge in [0.25, 0.3) is 5.56 Å². The number of aromatic nitrogens is 3. The summed E-state index contributed by atoms with van der Waals surface area (Å²) in [6, 6.07) is 14.6. The molecule has 2 aliphatic rings. The third-order valence-electron chi connectivity index (χ3n) is 6.84. The van der Waals surface area contributed by atoms with Crippen LogP contribution in [0.25, 0.3) is 6.08 Å². The quantitative estimate of drug-likeness (QED) is 0.468. The molecule has 3 unspecified atom stereocenters. The first-order chi connectivity index (χ1) is 17.4. The van der Waals surface area contributed by atoms with E-state index in [2.05, 4.69) is 10.4 Å². The fourth-order valence-corrected chi connectivity index (χ4v) is 6.14. The van der Waals surface area contributed by atoms with Crippen molar-refractivity contribution in [2.45, 2.75) is 39.1 Å². The number of nitrogens with one attached hydrogen (secondary N) is 1. The van der Waals surface area contributed by atoms with Crippen LogP contribution in [0.15, 0.2) is 70.7 Å². The summed E-state index contributed by atoms with van der Waals surface area (Å²) < 4.78 is 10.4. The van der Waals surface area contributed by atoms with E-state index in [1.807, 2.05) is 86.3 Å². The molecule has 0 saturated carbocycles. The summed E-state index contributed by atoms with van der Waals surface area (Å²) in [7, 11) is 0. The molecule has 6 rings (SSSR count). The molecule has 182 valence electrons. The Kier molecular flexibility index (Phi) is 5.19. The van der Waals surface area contributed by atoms with E-state index < -0.39 is 17.7 Å². The minimum Gasteiger partial charge on any atom is -0.465 e.